The summed E-state index contributed by atoms with van der Waals surface area (Å²) >= 11 is 0. The third-order valence-electron chi connectivity index (χ3n) is 3.34. The van der Waals surface area contributed by atoms with Crippen molar-refractivity contribution in [2.24, 2.45) is 0 Å². The number of rotatable bonds is 5. The van der Waals surface area contributed by atoms with Crippen LogP contribution >= 0.6 is 0 Å². The monoisotopic (exact) mass is 304 g/mol. The summed E-state index contributed by atoms with van der Waals surface area (Å²) in [5.41, 5.74) is 0.0421. The van der Waals surface area contributed by atoms with Gasteiger partial charge in [-0.15, -0.1) is 0 Å². The van der Waals surface area contributed by atoms with Crippen LogP contribution in [-0.2, 0) is 10.0 Å². The zero-order valence-corrected chi connectivity index (χ0v) is 11.8. The molecule has 1 aromatic rings. The predicted molar refractivity (Wildman–Crippen MR) is 74.0 cm³/mol. The zero-order valence-electron chi connectivity index (χ0n) is 11.0. The van der Waals surface area contributed by atoms with Crippen LogP contribution in [0.15, 0.2) is 18.2 Å². The zero-order chi connectivity index (χ0) is 14.6. The molecule has 1 aliphatic rings. The van der Waals surface area contributed by atoms with Gasteiger partial charge in [0.1, 0.15) is 0 Å². The van der Waals surface area contributed by atoms with Crippen molar-refractivity contribution in [3.63, 3.8) is 0 Å². The summed E-state index contributed by atoms with van der Waals surface area (Å²) < 4.78 is 51.8. The van der Waals surface area contributed by atoms with E-state index < -0.39 is 21.7 Å². The van der Waals surface area contributed by atoms with Gasteiger partial charge < -0.3 is 5.32 Å². The minimum atomic E-state index is -3.54. The van der Waals surface area contributed by atoms with Crippen molar-refractivity contribution in [2.45, 2.75) is 31.7 Å². The molecule has 2 N–H and O–H groups in total. The van der Waals surface area contributed by atoms with E-state index in [0.29, 0.717) is 6.42 Å². The van der Waals surface area contributed by atoms with Gasteiger partial charge in [0.05, 0.1) is 11.4 Å². The lowest BCUT2D eigenvalue weighted by Gasteiger charge is -2.23. The Morgan fingerprint density at radius 1 is 1.25 bits per heavy atom. The number of hydrogen-bond acceptors (Lipinski definition) is 3. The Balaban J connectivity index is 1.91. The van der Waals surface area contributed by atoms with Gasteiger partial charge in [-0.3, -0.25) is 4.72 Å². The lowest BCUT2D eigenvalue weighted by molar-refractivity contribution is 0.393. The molecule has 1 fully saturated rings. The van der Waals surface area contributed by atoms with E-state index in [0.717, 1.165) is 37.9 Å². The van der Waals surface area contributed by atoms with Gasteiger partial charge in [-0.2, -0.15) is 0 Å². The Morgan fingerprint density at radius 3 is 2.70 bits per heavy atom. The second-order valence-electron chi connectivity index (χ2n) is 4.99. The fourth-order valence-corrected chi connectivity index (χ4v) is 3.44. The molecule has 0 aromatic heterocycles. The average molecular weight is 304 g/mol. The lowest BCUT2D eigenvalue weighted by Crippen LogP contribution is -2.36. The Hall–Kier alpha value is -1.21. The first kappa shape index (κ1) is 15.2. The average Bonchev–Trinajstić information content (AvgIpc) is 2.42. The van der Waals surface area contributed by atoms with Crippen LogP contribution in [0, 0.1) is 11.6 Å². The predicted octanol–water partition coefficient (Wildman–Crippen LogP) is 2.24. The van der Waals surface area contributed by atoms with Crippen molar-refractivity contribution in [3.05, 3.63) is 29.8 Å². The molecule has 1 atom stereocenters. The van der Waals surface area contributed by atoms with Crippen molar-refractivity contribution in [1.29, 1.82) is 0 Å². The minimum Gasteiger partial charge on any atom is -0.314 e. The van der Waals surface area contributed by atoms with E-state index in [2.05, 4.69) is 10.0 Å². The van der Waals surface area contributed by atoms with Gasteiger partial charge in [0.2, 0.25) is 10.0 Å². The number of hydrogen-bond donors (Lipinski definition) is 2. The highest BCUT2D eigenvalue weighted by Gasteiger charge is 2.17. The summed E-state index contributed by atoms with van der Waals surface area (Å²) in [5, 5.41) is 3.27. The summed E-state index contributed by atoms with van der Waals surface area (Å²) in [6.45, 7) is 0.918. The van der Waals surface area contributed by atoms with Gasteiger partial charge in [0, 0.05) is 12.1 Å². The minimum absolute atomic E-state index is 0.0380. The van der Waals surface area contributed by atoms with Crippen molar-refractivity contribution >= 4 is 15.7 Å². The van der Waals surface area contributed by atoms with Crippen molar-refractivity contribution in [1.82, 2.24) is 5.32 Å². The maximum Gasteiger partial charge on any atom is 0.232 e. The standard InChI is InChI=1S/C13H18F2N2O2S/c14-12-5-4-11(9-13(12)15)17-20(18,19)8-6-10-3-1-2-7-16-10/h4-5,9-10,16-17H,1-3,6-8H2. The molecule has 7 heteroatoms. The van der Waals surface area contributed by atoms with Crippen LogP contribution in [-0.4, -0.2) is 26.8 Å². The molecule has 1 saturated heterocycles. The van der Waals surface area contributed by atoms with Crippen LogP contribution in [0.4, 0.5) is 14.5 Å². The van der Waals surface area contributed by atoms with Gasteiger partial charge in [-0.05, 0) is 37.9 Å². The third-order valence-corrected chi connectivity index (χ3v) is 4.66. The molecule has 4 nitrogen and oxygen atoms in total. The van der Waals surface area contributed by atoms with Crippen LogP contribution in [0.1, 0.15) is 25.7 Å². The highest BCUT2D eigenvalue weighted by Crippen LogP contribution is 2.16. The van der Waals surface area contributed by atoms with Crippen LogP contribution in [0.3, 0.4) is 0 Å². The van der Waals surface area contributed by atoms with Gasteiger partial charge in [0.25, 0.3) is 0 Å². The summed E-state index contributed by atoms with van der Waals surface area (Å²) in [7, 11) is -3.54. The summed E-state index contributed by atoms with van der Waals surface area (Å²) in [5.74, 6) is -2.11. The Morgan fingerprint density at radius 2 is 2.05 bits per heavy atom. The van der Waals surface area contributed by atoms with E-state index in [1.807, 2.05) is 0 Å². The maximum absolute atomic E-state index is 13.0. The number of benzene rings is 1. The molecule has 20 heavy (non-hydrogen) atoms. The second kappa shape index (κ2) is 6.49. The van der Waals surface area contributed by atoms with Crippen molar-refractivity contribution < 1.29 is 17.2 Å². The largest absolute Gasteiger partial charge is 0.314 e. The second-order valence-corrected chi connectivity index (χ2v) is 6.83. The molecule has 0 bridgehead atoms. The van der Waals surface area contributed by atoms with Crippen molar-refractivity contribution in [3.8, 4) is 0 Å². The van der Waals surface area contributed by atoms with Gasteiger partial charge >= 0.3 is 0 Å². The topological polar surface area (TPSA) is 58.2 Å². The SMILES string of the molecule is O=S(=O)(CCC1CCCCN1)Nc1ccc(F)c(F)c1. The van der Waals surface area contributed by atoms with Gasteiger partial charge in [-0.25, -0.2) is 17.2 Å². The number of halogens is 2. The Labute approximate surface area is 117 Å². The highest BCUT2D eigenvalue weighted by molar-refractivity contribution is 7.92. The number of piperidine rings is 1. The molecule has 1 unspecified atom stereocenters. The third kappa shape index (κ3) is 4.42. The van der Waals surface area contributed by atoms with E-state index >= 15 is 0 Å². The summed E-state index contributed by atoms with van der Waals surface area (Å²) in [6.07, 6.45) is 3.71. The van der Waals surface area contributed by atoms with Crippen molar-refractivity contribution in [2.75, 3.05) is 17.0 Å². The lowest BCUT2D eigenvalue weighted by atomic mass is 10.0. The first-order chi connectivity index (χ1) is 9.46. The van der Waals surface area contributed by atoms with Gasteiger partial charge in [-0.1, -0.05) is 6.42 Å². The molecule has 1 aliphatic heterocycles. The summed E-state index contributed by atoms with van der Waals surface area (Å²) in [4.78, 5) is 0. The van der Waals surface area contributed by atoms with Crippen LogP contribution < -0.4 is 10.0 Å². The molecular weight excluding hydrogens is 286 g/mol. The van der Waals surface area contributed by atoms with Gasteiger partial charge in [0.15, 0.2) is 11.6 Å². The van der Waals surface area contributed by atoms with E-state index in [1.54, 1.807) is 0 Å². The molecule has 1 heterocycles. The Bertz CT molecular complexity index is 557. The molecule has 112 valence electrons. The number of anilines is 1. The fourth-order valence-electron chi connectivity index (χ4n) is 2.26. The van der Waals surface area contributed by atoms with Crippen LogP contribution in [0.25, 0.3) is 0 Å². The maximum atomic E-state index is 13.0. The van der Waals surface area contributed by atoms with Crippen LogP contribution in [0.2, 0.25) is 0 Å². The summed E-state index contributed by atoms with van der Waals surface area (Å²) in [6, 6.07) is 3.15. The first-order valence-electron chi connectivity index (χ1n) is 6.65. The Kier molecular flexibility index (Phi) is 4.93. The van der Waals surface area contributed by atoms with E-state index in [-0.39, 0.29) is 17.5 Å². The number of nitrogens with one attached hydrogen (secondary N) is 2. The van der Waals surface area contributed by atoms with E-state index in [4.69, 9.17) is 0 Å². The quantitative estimate of drug-likeness (QED) is 0.877. The fraction of sp³-hybridized carbons (Fsp3) is 0.538. The molecule has 0 spiro atoms. The van der Waals surface area contributed by atoms with E-state index in [9.17, 15) is 17.2 Å². The normalized spacial score (nSPS) is 19.8. The highest BCUT2D eigenvalue weighted by atomic mass is 32.2. The molecular formula is C13H18F2N2O2S. The van der Waals surface area contributed by atoms with E-state index in [1.165, 1.54) is 6.07 Å². The molecule has 2 rings (SSSR count). The first-order valence-corrected chi connectivity index (χ1v) is 8.30. The molecule has 0 aliphatic carbocycles. The molecule has 0 amide bonds. The van der Waals surface area contributed by atoms with Crippen LogP contribution in [0.5, 0.6) is 0 Å². The molecule has 1 aromatic carbocycles. The molecule has 0 radical (unpaired) electrons. The smallest absolute Gasteiger partial charge is 0.232 e. The number of sulfonamides is 1. The molecule has 0 saturated carbocycles.